The van der Waals surface area contributed by atoms with Crippen molar-refractivity contribution in [3.05, 3.63) is 65.3 Å². The summed E-state index contributed by atoms with van der Waals surface area (Å²) in [6.45, 7) is 1.49. The number of amides is 1. The van der Waals surface area contributed by atoms with Gasteiger partial charge in [-0.2, -0.15) is 0 Å². The highest BCUT2D eigenvalue weighted by Gasteiger charge is 2.23. The van der Waals surface area contributed by atoms with Crippen LogP contribution in [0.4, 0.5) is 15.2 Å². The van der Waals surface area contributed by atoms with Crippen molar-refractivity contribution in [1.29, 1.82) is 0 Å². The lowest BCUT2D eigenvalue weighted by Crippen LogP contribution is -2.23. The zero-order valence-corrected chi connectivity index (χ0v) is 15.6. The average molecular weight is 381 g/mol. The molecule has 0 radical (unpaired) electrons. The summed E-state index contributed by atoms with van der Waals surface area (Å²) in [7, 11) is 0. The normalized spacial score (nSPS) is 13.4. The minimum absolute atomic E-state index is 0.267. The number of hydrogen-bond acceptors (Lipinski definition) is 4. The number of nitrogens with zero attached hydrogens (tertiary/aromatic N) is 2. The van der Waals surface area contributed by atoms with Gasteiger partial charge in [-0.1, -0.05) is 24.3 Å². The predicted molar refractivity (Wildman–Crippen MR) is 106 cm³/mol. The number of rotatable bonds is 8. The van der Waals surface area contributed by atoms with E-state index < -0.39 is 0 Å². The molecule has 27 heavy (non-hydrogen) atoms. The molecule has 1 aliphatic carbocycles. The second kappa shape index (κ2) is 7.88. The molecule has 6 heteroatoms. The van der Waals surface area contributed by atoms with Crippen LogP contribution in [0, 0.1) is 11.7 Å². The van der Waals surface area contributed by atoms with Crippen LogP contribution in [-0.2, 0) is 11.3 Å². The molecule has 138 valence electrons. The lowest BCUT2D eigenvalue weighted by atomic mass is 10.2. The summed E-state index contributed by atoms with van der Waals surface area (Å²) in [5, 5.41) is 5.94. The Hall–Kier alpha value is -2.73. The fourth-order valence-corrected chi connectivity index (χ4v) is 3.68. The number of benzene rings is 2. The number of thiazole rings is 1. The molecule has 1 heterocycles. The number of hydrogen-bond donors (Lipinski definition) is 1. The molecule has 1 fully saturated rings. The Morgan fingerprint density at radius 1 is 1.22 bits per heavy atom. The summed E-state index contributed by atoms with van der Waals surface area (Å²) in [5.41, 5.74) is 3.55. The first kappa shape index (κ1) is 17.7. The molecule has 1 amide bonds. The van der Waals surface area contributed by atoms with E-state index in [1.807, 2.05) is 40.6 Å². The van der Waals surface area contributed by atoms with E-state index >= 15 is 0 Å². The van der Waals surface area contributed by atoms with Gasteiger partial charge in [0.2, 0.25) is 6.41 Å². The Balaban J connectivity index is 1.39. The van der Waals surface area contributed by atoms with Crippen LogP contribution >= 0.6 is 11.3 Å². The fourth-order valence-electron chi connectivity index (χ4n) is 2.94. The number of anilines is 2. The van der Waals surface area contributed by atoms with Crippen LogP contribution in [0.5, 0.6) is 0 Å². The van der Waals surface area contributed by atoms with E-state index in [1.54, 1.807) is 6.07 Å². The Morgan fingerprint density at radius 2 is 2.04 bits per heavy atom. The molecule has 1 saturated carbocycles. The second-order valence-corrected chi connectivity index (χ2v) is 7.71. The molecule has 1 aromatic heterocycles. The molecule has 4 nitrogen and oxygen atoms in total. The number of aromatic nitrogens is 1. The number of carbonyl (C=O) groups excluding carboxylic acids is 1. The van der Waals surface area contributed by atoms with Crippen molar-refractivity contribution < 1.29 is 9.18 Å². The first-order chi connectivity index (χ1) is 13.2. The Labute approximate surface area is 161 Å². The van der Waals surface area contributed by atoms with E-state index in [4.69, 9.17) is 0 Å². The summed E-state index contributed by atoms with van der Waals surface area (Å²) in [5.74, 6) is 0.421. The lowest BCUT2D eigenvalue weighted by molar-refractivity contribution is -0.118. The van der Waals surface area contributed by atoms with Gasteiger partial charge in [-0.15, -0.1) is 11.3 Å². The summed E-state index contributed by atoms with van der Waals surface area (Å²) in [6, 6.07) is 14.4. The van der Waals surface area contributed by atoms with Crippen molar-refractivity contribution >= 4 is 28.6 Å². The Morgan fingerprint density at radius 3 is 2.74 bits per heavy atom. The maximum atomic E-state index is 13.4. The molecule has 0 aliphatic heterocycles. The number of halogens is 1. The fraction of sp³-hybridized carbons (Fsp3) is 0.238. The molecule has 0 atom stereocenters. The number of carbonyl (C=O) groups is 1. The van der Waals surface area contributed by atoms with Gasteiger partial charge in [0.05, 0.1) is 5.69 Å². The zero-order chi connectivity index (χ0) is 18.6. The molecule has 1 N–H and O–H groups in total. The highest BCUT2D eigenvalue weighted by atomic mass is 32.1. The molecule has 1 aliphatic rings. The van der Waals surface area contributed by atoms with E-state index in [1.165, 1.54) is 36.3 Å². The van der Waals surface area contributed by atoms with Crippen molar-refractivity contribution in [3.63, 3.8) is 0 Å². The quantitative estimate of drug-likeness (QED) is 0.555. The molecular formula is C21H20FN3OS. The molecular weight excluding hydrogens is 361 g/mol. The second-order valence-electron chi connectivity index (χ2n) is 6.85. The van der Waals surface area contributed by atoms with Crippen molar-refractivity contribution in [1.82, 2.24) is 9.88 Å². The minimum atomic E-state index is -0.267. The van der Waals surface area contributed by atoms with Gasteiger partial charge in [0, 0.05) is 29.7 Å². The Bertz CT molecular complexity index is 921. The molecule has 0 spiro atoms. The first-order valence-corrected chi connectivity index (χ1v) is 9.84. The molecule has 4 rings (SSSR count). The van der Waals surface area contributed by atoms with Crippen LogP contribution in [0.3, 0.4) is 0 Å². The average Bonchev–Trinajstić information content (AvgIpc) is 3.38. The van der Waals surface area contributed by atoms with Gasteiger partial charge < -0.3 is 10.2 Å². The highest BCUT2D eigenvalue weighted by Crippen LogP contribution is 2.30. The molecule has 0 unspecified atom stereocenters. The van der Waals surface area contributed by atoms with Crippen LogP contribution in [0.15, 0.2) is 53.9 Å². The third-order valence-electron chi connectivity index (χ3n) is 4.55. The predicted octanol–water partition coefficient (Wildman–Crippen LogP) is 5.06. The lowest BCUT2D eigenvalue weighted by Gasteiger charge is -2.17. The smallest absolute Gasteiger partial charge is 0.210 e. The van der Waals surface area contributed by atoms with Crippen LogP contribution in [0.25, 0.3) is 11.3 Å². The van der Waals surface area contributed by atoms with Crippen molar-refractivity contribution in [3.8, 4) is 11.3 Å². The van der Waals surface area contributed by atoms with Gasteiger partial charge in [-0.05, 0) is 48.6 Å². The number of nitrogens with one attached hydrogen (secondary N) is 1. The van der Waals surface area contributed by atoms with Gasteiger partial charge in [-0.3, -0.25) is 4.79 Å². The first-order valence-electron chi connectivity index (χ1n) is 8.96. The van der Waals surface area contributed by atoms with Gasteiger partial charge in [-0.25, -0.2) is 9.37 Å². The van der Waals surface area contributed by atoms with Crippen LogP contribution in [-0.4, -0.2) is 22.8 Å². The third kappa shape index (κ3) is 4.71. The van der Waals surface area contributed by atoms with Gasteiger partial charge in [0.25, 0.3) is 0 Å². The standard InChI is InChI=1S/C21H20FN3OS/c22-18-3-1-2-17(10-18)20-13-27-21(24-20)23-19-8-6-16(7-9-19)12-25(14-26)11-15-4-5-15/h1-3,6-10,13-15H,4-5,11-12H2,(H,23,24). The molecule has 0 saturated heterocycles. The highest BCUT2D eigenvalue weighted by molar-refractivity contribution is 7.14. The Kier molecular flexibility index (Phi) is 5.16. The van der Waals surface area contributed by atoms with Crippen LogP contribution in [0.1, 0.15) is 18.4 Å². The van der Waals surface area contributed by atoms with Crippen LogP contribution < -0.4 is 5.32 Å². The zero-order valence-electron chi connectivity index (χ0n) is 14.8. The molecule has 2 aromatic carbocycles. The van der Waals surface area contributed by atoms with E-state index in [0.717, 1.165) is 40.6 Å². The monoisotopic (exact) mass is 381 g/mol. The van der Waals surface area contributed by atoms with E-state index in [-0.39, 0.29) is 5.82 Å². The largest absolute Gasteiger partial charge is 0.341 e. The van der Waals surface area contributed by atoms with Gasteiger partial charge in [0.15, 0.2) is 5.13 Å². The van der Waals surface area contributed by atoms with Crippen molar-refractivity contribution in [2.24, 2.45) is 5.92 Å². The maximum absolute atomic E-state index is 13.4. The van der Waals surface area contributed by atoms with E-state index in [2.05, 4.69) is 10.3 Å². The summed E-state index contributed by atoms with van der Waals surface area (Å²) in [6.07, 6.45) is 3.41. The molecule has 0 bridgehead atoms. The summed E-state index contributed by atoms with van der Waals surface area (Å²) in [4.78, 5) is 17.6. The van der Waals surface area contributed by atoms with Gasteiger partial charge >= 0.3 is 0 Å². The maximum Gasteiger partial charge on any atom is 0.210 e. The third-order valence-corrected chi connectivity index (χ3v) is 5.31. The van der Waals surface area contributed by atoms with Crippen LogP contribution in [0.2, 0.25) is 0 Å². The summed E-state index contributed by atoms with van der Waals surface area (Å²) >= 11 is 1.48. The minimum Gasteiger partial charge on any atom is -0.341 e. The van der Waals surface area contributed by atoms with E-state index in [9.17, 15) is 9.18 Å². The van der Waals surface area contributed by atoms with Crippen molar-refractivity contribution in [2.45, 2.75) is 19.4 Å². The van der Waals surface area contributed by atoms with Crippen molar-refractivity contribution in [2.75, 3.05) is 11.9 Å². The summed E-state index contributed by atoms with van der Waals surface area (Å²) < 4.78 is 13.4. The van der Waals surface area contributed by atoms with E-state index in [0.29, 0.717) is 12.5 Å². The van der Waals surface area contributed by atoms with Gasteiger partial charge in [0.1, 0.15) is 5.82 Å². The molecule has 3 aromatic rings. The topological polar surface area (TPSA) is 45.2 Å². The SMILES string of the molecule is O=CN(Cc1ccc(Nc2nc(-c3cccc(F)c3)cs2)cc1)CC1CC1.